The van der Waals surface area contributed by atoms with E-state index in [0.717, 1.165) is 0 Å². The van der Waals surface area contributed by atoms with Crippen molar-refractivity contribution in [2.24, 2.45) is 7.05 Å². The maximum absolute atomic E-state index is 12.4. The summed E-state index contributed by atoms with van der Waals surface area (Å²) >= 11 is 0. The molecule has 0 atom stereocenters. The minimum absolute atomic E-state index is 0.00549. The third-order valence-corrected chi connectivity index (χ3v) is 4.49. The molecule has 0 bridgehead atoms. The predicted octanol–water partition coefficient (Wildman–Crippen LogP) is 2.32. The van der Waals surface area contributed by atoms with Gasteiger partial charge in [-0.1, -0.05) is 18.2 Å². The molecule has 2 aromatic rings. The lowest BCUT2D eigenvalue weighted by Crippen LogP contribution is -2.13. The van der Waals surface area contributed by atoms with Gasteiger partial charge in [-0.3, -0.25) is 4.68 Å². The number of aryl methyl sites for hydroxylation is 1. The summed E-state index contributed by atoms with van der Waals surface area (Å²) < 4.78 is 32.0. The Morgan fingerprint density at radius 3 is 2.52 bits per heavy atom. The van der Waals surface area contributed by atoms with E-state index < -0.39 is 9.84 Å². The van der Waals surface area contributed by atoms with E-state index >= 15 is 0 Å². The Labute approximate surface area is 125 Å². The van der Waals surface area contributed by atoms with Gasteiger partial charge in [0, 0.05) is 18.8 Å². The molecule has 0 amide bonds. The van der Waals surface area contributed by atoms with Gasteiger partial charge in [0.25, 0.3) is 0 Å². The maximum atomic E-state index is 12.4. The summed E-state index contributed by atoms with van der Waals surface area (Å²) in [4.78, 5) is 0. The van der Waals surface area contributed by atoms with Crippen LogP contribution in [0.3, 0.4) is 0 Å². The maximum Gasteiger partial charge on any atom is 0.160 e. The van der Waals surface area contributed by atoms with Crippen LogP contribution in [0.1, 0.15) is 25.1 Å². The van der Waals surface area contributed by atoms with Gasteiger partial charge in [0.15, 0.2) is 9.84 Å². The second-order valence-corrected chi connectivity index (χ2v) is 7.32. The summed E-state index contributed by atoms with van der Waals surface area (Å²) in [5, 5.41) is 3.99. The van der Waals surface area contributed by atoms with Gasteiger partial charge >= 0.3 is 0 Å². The molecule has 0 N–H and O–H groups in total. The van der Waals surface area contributed by atoms with Crippen LogP contribution >= 0.6 is 0 Å². The van der Waals surface area contributed by atoms with E-state index in [2.05, 4.69) is 5.10 Å². The molecule has 5 nitrogen and oxygen atoms in total. The van der Waals surface area contributed by atoms with Crippen molar-refractivity contribution in [3.8, 4) is 5.75 Å². The largest absolute Gasteiger partial charge is 0.491 e. The van der Waals surface area contributed by atoms with Crippen LogP contribution in [-0.2, 0) is 28.4 Å². The zero-order valence-electron chi connectivity index (χ0n) is 12.5. The highest BCUT2D eigenvalue weighted by molar-refractivity contribution is 7.89. The van der Waals surface area contributed by atoms with Crippen molar-refractivity contribution in [2.45, 2.75) is 31.5 Å². The Balaban J connectivity index is 2.19. The van der Waals surface area contributed by atoms with Crippen molar-refractivity contribution in [2.75, 3.05) is 0 Å². The van der Waals surface area contributed by atoms with Crippen molar-refractivity contribution in [1.29, 1.82) is 0 Å². The molecular formula is C15H20N2O3S. The quantitative estimate of drug-likeness (QED) is 0.821. The van der Waals surface area contributed by atoms with E-state index in [9.17, 15) is 8.42 Å². The van der Waals surface area contributed by atoms with Gasteiger partial charge in [0.2, 0.25) is 0 Å². The Morgan fingerprint density at radius 2 is 1.90 bits per heavy atom. The minimum Gasteiger partial charge on any atom is -0.491 e. The number of hydrogen-bond donors (Lipinski definition) is 0. The van der Waals surface area contributed by atoms with Crippen molar-refractivity contribution >= 4 is 9.84 Å². The number of hydrogen-bond acceptors (Lipinski definition) is 4. The third kappa shape index (κ3) is 4.32. The number of nitrogens with zero attached hydrogens (tertiary/aromatic N) is 2. The van der Waals surface area contributed by atoms with Crippen LogP contribution < -0.4 is 4.74 Å². The summed E-state index contributed by atoms with van der Waals surface area (Å²) in [5.41, 5.74) is 1.37. The van der Waals surface area contributed by atoms with Crippen LogP contribution in [0.4, 0.5) is 0 Å². The Morgan fingerprint density at radius 1 is 1.19 bits per heavy atom. The van der Waals surface area contributed by atoms with Crippen LogP contribution in [-0.4, -0.2) is 24.3 Å². The van der Waals surface area contributed by atoms with E-state index in [0.29, 0.717) is 17.0 Å². The van der Waals surface area contributed by atoms with Crippen LogP contribution in [0.5, 0.6) is 5.75 Å². The highest BCUT2D eigenvalue weighted by Gasteiger charge is 2.18. The van der Waals surface area contributed by atoms with E-state index in [1.165, 1.54) is 0 Å². The molecule has 0 saturated heterocycles. The van der Waals surface area contributed by atoms with Crippen molar-refractivity contribution in [1.82, 2.24) is 9.78 Å². The molecular weight excluding hydrogens is 288 g/mol. The third-order valence-electron chi connectivity index (χ3n) is 3.00. The molecule has 1 heterocycles. The minimum atomic E-state index is -3.28. The van der Waals surface area contributed by atoms with Gasteiger partial charge in [-0.05, 0) is 26.0 Å². The fraction of sp³-hybridized carbons (Fsp3) is 0.400. The first kappa shape index (κ1) is 15.6. The number of para-hydroxylation sites is 1. The molecule has 0 radical (unpaired) electrons. The van der Waals surface area contributed by atoms with E-state index in [4.69, 9.17) is 4.74 Å². The Bertz CT molecular complexity index is 705. The first-order valence-electron chi connectivity index (χ1n) is 6.79. The standard InChI is InChI=1S/C15H20N2O3S/c1-12(2)20-15-7-5-4-6-13(15)10-21(18,19)11-14-8-9-16-17(14)3/h4-9,12H,10-11H2,1-3H3. The van der Waals surface area contributed by atoms with Crippen LogP contribution in [0, 0.1) is 0 Å². The first-order chi connectivity index (χ1) is 9.87. The van der Waals surface area contributed by atoms with Crippen molar-refractivity contribution < 1.29 is 13.2 Å². The predicted molar refractivity (Wildman–Crippen MR) is 81.7 cm³/mol. The summed E-state index contributed by atoms with van der Waals surface area (Å²) in [5.74, 6) is 0.557. The number of aromatic nitrogens is 2. The average molecular weight is 308 g/mol. The average Bonchev–Trinajstić information content (AvgIpc) is 2.76. The molecule has 114 valence electrons. The monoisotopic (exact) mass is 308 g/mol. The highest BCUT2D eigenvalue weighted by atomic mass is 32.2. The van der Waals surface area contributed by atoms with E-state index in [1.54, 1.807) is 36.1 Å². The van der Waals surface area contributed by atoms with E-state index in [1.807, 2.05) is 26.0 Å². The van der Waals surface area contributed by atoms with E-state index in [-0.39, 0.29) is 17.6 Å². The zero-order valence-corrected chi connectivity index (χ0v) is 13.3. The zero-order chi connectivity index (χ0) is 15.5. The van der Waals surface area contributed by atoms with Crippen molar-refractivity contribution in [3.63, 3.8) is 0 Å². The lowest BCUT2D eigenvalue weighted by Gasteiger charge is -2.14. The summed E-state index contributed by atoms with van der Waals surface area (Å²) in [6, 6.07) is 8.97. The molecule has 0 aliphatic heterocycles. The summed E-state index contributed by atoms with van der Waals surface area (Å²) in [7, 11) is -1.54. The topological polar surface area (TPSA) is 61.2 Å². The molecule has 0 saturated carbocycles. The van der Waals surface area contributed by atoms with Gasteiger partial charge in [0.05, 0.1) is 23.3 Å². The second-order valence-electron chi connectivity index (χ2n) is 5.25. The van der Waals surface area contributed by atoms with Crippen LogP contribution in [0.2, 0.25) is 0 Å². The number of sulfone groups is 1. The molecule has 0 spiro atoms. The fourth-order valence-electron chi connectivity index (χ4n) is 2.05. The fourth-order valence-corrected chi connectivity index (χ4v) is 3.60. The SMILES string of the molecule is CC(C)Oc1ccccc1CS(=O)(=O)Cc1ccnn1C. The molecule has 1 aromatic heterocycles. The second kappa shape index (κ2) is 6.30. The van der Waals surface area contributed by atoms with Gasteiger partial charge in [0.1, 0.15) is 5.75 Å². The molecule has 6 heteroatoms. The van der Waals surface area contributed by atoms with Crippen LogP contribution in [0.15, 0.2) is 36.5 Å². The van der Waals surface area contributed by atoms with Crippen LogP contribution in [0.25, 0.3) is 0 Å². The van der Waals surface area contributed by atoms with Gasteiger partial charge in [-0.15, -0.1) is 0 Å². The molecule has 0 fully saturated rings. The molecule has 21 heavy (non-hydrogen) atoms. The molecule has 1 aromatic carbocycles. The summed E-state index contributed by atoms with van der Waals surface area (Å²) in [6.07, 6.45) is 1.60. The number of benzene rings is 1. The normalized spacial score (nSPS) is 11.8. The smallest absolute Gasteiger partial charge is 0.160 e. The van der Waals surface area contributed by atoms with Crippen molar-refractivity contribution in [3.05, 3.63) is 47.8 Å². The molecule has 0 aliphatic carbocycles. The molecule has 0 unspecified atom stereocenters. The Kier molecular flexibility index (Phi) is 4.67. The van der Waals surface area contributed by atoms with Gasteiger partial charge < -0.3 is 4.74 Å². The lowest BCUT2D eigenvalue weighted by molar-refractivity contribution is 0.240. The Hall–Kier alpha value is -1.82. The van der Waals surface area contributed by atoms with Gasteiger partial charge in [-0.2, -0.15) is 5.10 Å². The highest BCUT2D eigenvalue weighted by Crippen LogP contribution is 2.23. The lowest BCUT2D eigenvalue weighted by atomic mass is 10.2. The van der Waals surface area contributed by atoms with Gasteiger partial charge in [-0.25, -0.2) is 8.42 Å². The molecule has 0 aliphatic rings. The molecule has 2 rings (SSSR count). The first-order valence-corrected chi connectivity index (χ1v) is 8.61. The summed E-state index contributed by atoms with van der Waals surface area (Å²) in [6.45, 7) is 3.84. The number of rotatable bonds is 6. The number of ether oxygens (including phenoxy) is 1.